The second-order valence-corrected chi connectivity index (χ2v) is 5.24. The van der Waals surface area contributed by atoms with Crippen LogP contribution < -0.4 is 0 Å². The van der Waals surface area contributed by atoms with E-state index in [4.69, 9.17) is 5.11 Å². The molecule has 1 N–H and O–H groups in total. The number of Topliss-reactive ketones (excluding diaryl/α,β-unsaturated/α-hetero) is 1. The Kier molecular flexibility index (Phi) is 4.36. The van der Waals surface area contributed by atoms with Crippen molar-refractivity contribution in [2.45, 2.75) is 51.0 Å². The molecule has 2 fully saturated rings. The summed E-state index contributed by atoms with van der Waals surface area (Å²) in [6.07, 6.45) is 7.46. The van der Waals surface area contributed by atoms with Crippen molar-refractivity contribution in [3.05, 3.63) is 0 Å². The van der Waals surface area contributed by atoms with Gasteiger partial charge in [-0.15, -0.1) is 0 Å². The molecule has 0 aromatic rings. The van der Waals surface area contributed by atoms with E-state index in [0.717, 1.165) is 45.2 Å². The van der Waals surface area contributed by atoms with Gasteiger partial charge >= 0.3 is 0 Å². The Balaban J connectivity index is 1.89. The van der Waals surface area contributed by atoms with Crippen LogP contribution in [0.15, 0.2) is 0 Å². The van der Waals surface area contributed by atoms with E-state index < -0.39 is 0 Å². The third-order valence-electron chi connectivity index (χ3n) is 4.12. The Labute approximate surface area is 97.8 Å². The minimum absolute atomic E-state index is 0.196. The predicted molar refractivity (Wildman–Crippen MR) is 63.3 cm³/mol. The van der Waals surface area contributed by atoms with Gasteiger partial charge in [-0.05, 0) is 44.7 Å². The molecule has 92 valence electrons. The molecule has 0 radical (unpaired) electrons. The second kappa shape index (κ2) is 5.78. The molecule has 2 aliphatic rings. The first-order valence-corrected chi connectivity index (χ1v) is 6.69. The van der Waals surface area contributed by atoms with Crippen LogP contribution in [0, 0.1) is 5.92 Å². The number of carbonyl (C=O) groups excluding carboxylic acids is 1. The van der Waals surface area contributed by atoms with Gasteiger partial charge in [-0.1, -0.05) is 12.8 Å². The van der Waals surface area contributed by atoms with Crippen molar-refractivity contribution in [2.75, 3.05) is 19.7 Å². The highest BCUT2D eigenvalue weighted by molar-refractivity contribution is 5.84. The van der Waals surface area contributed by atoms with Gasteiger partial charge in [0.2, 0.25) is 0 Å². The van der Waals surface area contributed by atoms with Crippen molar-refractivity contribution < 1.29 is 9.90 Å². The van der Waals surface area contributed by atoms with Crippen LogP contribution in [0.25, 0.3) is 0 Å². The normalized spacial score (nSPS) is 30.3. The first-order valence-electron chi connectivity index (χ1n) is 6.69. The quantitative estimate of drug-likeness (QED) is 0.726. The van der Waals surface area contributed by atoms with E-state index in [2.05, 4.69) is 4.90 Å². The van der Waals surface area contributed by atoms with Gasteiger partial charge in [0.15, 0.2) is 0 Å². The minimum Gasteiger partial charge on any atom is -0.396 e. The third kappa shape index (κ3) is 2.83. The molecule has 0 spiro atoms. The van der Waals surface area contributed by atoms with Crippen LogP contribution in [0.2, 0.25) is 0 Å². The third-order valence-corrected chi connectivity index (χ3v) is 4.12. The number of rotatable bonds is 2. The van der Waals surface area contributed by atoms with Crippen LogP contribution >= 0.6 is 0 Å². The van der Waals surface area contributed by atoms with E-state index in [-0.39, 0.29) is 6.04 Å². The van der Waals surface area contributed by atoms with Gasteiger partial charge in [0.05, 0.1) is 6.04 Å². The number of aliphatic hydroxyl groups is 1. The maximum Gasteiger partial charge on any atom is 0.149 e. The molecule has 0 aromatic carbocycles. The van der Waals surface area contributed by atoms with Gasteiger partial charge in [0.1, 0.15) is 5.78 Å². The number of ketones is 1. The smallest absolute Gasteiger partial charge is 0.149 e. The van der Waals surface area contributed by atoms with Crippen LogP contribution in [0.1, 0.15) is 44.9 Å². The van der Waals surface area contributed by atoms with Crippen molar-refractivity contribution in [3.8, 4) is 0 Å². The number of likely N-dealkylation sites (tertiary alicyclic amines) is 1. The number of hydrogen-bond donors (Lipinski definition) is 1. The van der Waals surface area contributed by atoms with E-state index in [1.807, 2.05) is 0 Å². The average molecular weight is 225 g/mol. The van der Waals surface area contributed by atoms with Crippen molar-refractivity contribution in [1.82, 2.24) is 4.90 Å². The molecule has 3 nitrogen and oxygen atoms in total. The molecule has 0 aromatic heterocycles. The largest absolute Gasteiger partial charge is 0.396 e. The Hall–Kier alpha value is -0.410. The van der Waals surface area contributed by atoms with E-state index in [1.165, 1.54) is 12.8 Å². The first-order chi connectivity index (χ1) is 7.81. The lowest BCUT2D eigenvalue weighted by atomic mass is 9.95. The van der Waals surface area contributed by atoms with Crippen molar-refractivity contribution >= 4 is 5.78 Å². The highest BCUT2D eigenvalue weighted by Crippen LogP contribution is 2.24. The Bertz CT molecular complexity index is 234. The van der Waals surface area contributed by atoms with E-state index in [1.54, 1.807) is 0 Å². The predicted octanol–water partition coefficient (Wildman–Crippen LogP) is 1.59. The summed E-state index contributed by atoms with van der Waals surface area (Å²) in [5.41, 5.74) is 0. The molecule has 1 saturated heterocycles. The maximum atomic E-state index is 12.0. The van der Waals surface area contributed by atoms with Gasteiger partial charge in [0, 0.05) is 13.0 Å². The van der Waals surface area contributed by atoms with Crippen LogP contribution in [0.4, 0.5) is 0 Å². The molecular formula is C13H23NO2. The summed E-state index contributed by atoms with van der Waals surface area (Å²) in [6.45, 7) is 2.32. The topological polar surface area (TPSA) is 40.5 Å². The van der Waals surface area contributed by atoms with Gasteiger partial charge in [0.25, 0.3) is 0 Å². The molecule has 0 amide bonds. The summed E-state index contributed by atoms with van der Waals surface area (Å²) in [4.78, 5) is 14.3. The molecule has 0 bridgehead atoms. The summed E-state index contributed by atoms with van der Waals surface area (Å²) < 4.78 is 0. The van der Waals surface area contributed by atoms with Crippen LogP contribution in [0.5, 0.6) is 0 Å². The number of nitrogens with zero attached hydrogens (tertiary/aromatic N) is 1. The lowest BCUT2D eigenvalue weighted by Crippen LogP contribution is -2.45. The first kappa shape index (κ1) is 12.1. The zero-order valence-electron chi connectivity index (χ0n) is 10.0. The highest BCUT2D eigenvalue weighted by Gasteiger charge is 2.29. The summed E-state index contributed by atoms with van der Waals surface area (Å²) in [5, 5.41) is 9.10. The van der Waals surface area contributed by atoms with Gasteiger partial charge in [-0.2, -0.15) is 0 Å². The molecule has 16 heavy (non-hydrogen) atoms. The van der Waals surface area contributed by atoms with Crippen LogP contribution in [-0.2, 0) is 4.79 Å². The lowest BCUT2D eigenvalue weighted by molar-refractivity contribution is -0.124. The maximum absolute atomic E-state index is 12.0. The Morgan fingerprint density at radius 1 is 1.12 bits per heavy atom. The molecule has 1 aliphatic carbocycles. The SMILES string of the molecule is O=C1CCCCCC1N1CCC(CO)CC1. The minimum atomic E-state index is 0.196. The number of aliphatic hydroxyl groups excluding tert-OH is 1. The lowest BCUT2D eigenvalue weighted by Gasteiger charge is -2.36. The van der Waals surface area contributed by atoms with E-state index in [0.29, 0.717) is 18.3 Å². The monoisotopic (exact) mass is 225 g/mol. The zero-order valence-corrected chi connectivity index (χ0v) is 10.0. The number of carbonyl (C=O) groups is 1. The standard InChI is InChI=1S/C13H23NO2/c15-10-11-6-8-14(9-7-11)12-4-2-1-3-5-13(12)16/h11-12,15H,1-10H2. The summed E-state index contributed by atoms with van der Waals surface area (Å²) >= 11 is 0. The van der Waals surface area contributed by atoms with Gasteiger partial charge in [-0.25, -0.2) is 0 Å². The molecule has 1 unspecified atom stereocenters. The molecule has 1 atom stereocenters. The summed E-state index contributed by atoms with van der Waals surface area (Å²) in [5.74, 6) is 0.928. The molecule has 1 saturated carbocycles. The van der Waals surface area contributed by atoms with Crippen molar-refractivity contribution in [3.63, 3.8) is 0 Å². The molecule has 1 aliphatic heterocycles. The second-order valence-electron chi connectivity index (χ2n) is 5.24. The van der Waals surface area contributed by atoms with Crippen molar-refractivity contribution in [2.24, 2.45) is 5.92 Å². The van der Waals surface area contributed by atoms with E-state index >= 15 is 0 Å². The zero-order chi connectivity index (χ0) is 11.4. The number of hydrogen-bond acceptors (Lipinski definition) is 3. The Morgan fingerprint density at radius 2 is 1.88 bits per heavy atom. The molecular weight excluding hydrogens is 202 g/mol. The highest BCUT2D eigenvalue weighted by atomic mass is 16.3. The fourth-order valence-corrected chi connectivity index (χ4v) is 2.97. The van der Waals surface area contributed by atoms with Crippen LogP contribution in [0.3, 0.4) is 0 Å². The fourth-order valence-electron chi connectivity index (χ4n) is 2.97. The Morgan fingerprint density at radius 3 is 2.56 bits per heavy atom. The molecule has 1 heterocycles. The van der Waals surface area contributed by atoms with Crippen molar-refractivity contribution in [1.29, 1.82) is 0 Å². The van der Waals surface area contributed by atoms with E-state index in [9.17, 15) is 4.79 Å². The average Bonchev–Trinajstić information content (AvgIpc) is 2.54. The summed E-state index contributed by atoms with van der Waals surface area (Å²) in [6, 6.07) is 0.196. The van der Waals surface area contributed by atoms with Crippen LogP contribution in [-0.4, -0.2) is 41.5 Å². The summed E-state index contributed by atoms with van der Waals surface area (Å²) in [7, 11) is 0. The van der Waals surface area contributed by atoms with Gasteiger partial charge < -0.3 is 5.11 Å². The fraction of sp³-hybridized carbons (Fsp3) is 0.923. The van der Waals surface area contributed by atoms with Gasteiger partial charge in [-0.3, -0.25) is 9.69 Å². The number of piperidine rings is 1. The molecule has 3 heteroatoms. The molecule has 2 rings (SSSR count).